The van der Waals surface area contributed by atoms with Crippen molar-refractivity contribution in [2.75, 3.05) is 57.8 Å². The number of nitrogens with zero attached hydrogens (tertiary/aromatic N) is 4. The Hall–Kier alpha value is -2.54. The molecule has 1 aliphatic carbocycles. The number of piperazine rings is 1. The molecular weight excluding hydrogens is 364 g/mol. The van der Waals surface area contributed by atoms with Crippen LogP contribution in [0.25, 0.3) is 0 Å². The van der Waals surface area contributed by atoms with Gasteiger partial charge in [-0.15, -0.1) is 0 Å². The lowest BCUT2D eigenvalue weighted by atomic mass is 10.2. The summed E-state index contributed by atoms with van der Waals surface area (Å²) in [6, 6.07) is 9.14. The lowest BCUT2D eigenvalue weighted by molar-refractivity contribution is -0.122. The first-order chi connectivity index (χ1) is 14.2. The van der Waals surface area contributed by atoms with E-state index in [1.54, 1.807) is 0 Å². The smallest absolute Gasteiger partial charge is 0.234 e. The highest BCUT2D eigenvalue weighted by molar-refractivity contribution is 5.80. The first-order valence-corrected chi connectivity index (χ1v) is 10.7. The predicted molar refractivity (Wildman–Crippen MR) is 117 cm³/mol. The second-order valence-corrected chi connectivity index (χ2v) is 8.05. The van der Waals surface area contributed by atoms with E-state index in [1.807, 2.05) is 7.05 Å². The highest BCUT2D eigenvalue weighted by Crippen LogP contribution is 2.19. The molecule has 1 saturated carbocycles. The molecular formula is C22H32N6O. The molecule has 1 aromatic carbocycles. The van der Waals surface area contributed by atoms with Crippen molar-refractivity contribution in [1.29, 1.82) is 0 Å². The number of carbonyl (C=O) groups is 1. The van der Waals surface area contributed by atoms with Crippen LogP contribution in [0.1, 0.15) is 18.4 Å². The molecule has 4 rings (SSSR count). The zero-order valence-corrected chi connectivity index (χ0v) is 17.3. The Morgan fingerprint density at radius 3 is 2.59 bits per heavy atom. The molecule has 0 atom stereocenters. The quantitative estimate of drug-likeness (QED) is 0.427. The van der Waals surface area contributed by atoms with Crippen molar-refractivity contribution in [2.24, 2.45) is 4.99 Å². The lowest BCUT2D eigenvalue weighted by Gasteiger charge is -2.36. The Balaban J connectivity index is 1.23. The van der Waals surface area contributed by atoms with E-state index < -0.39 is 0 Å². The number of rotatable bonds is 6. The molecule has 2 heterocycles. The van der Waals surface area contributed by atoms with Gasteiger partial charge >= 0.3 is 0 Å². The summed E-state index contributed by atoms with van der Waals surface area (Å²) in [4.78, 5) is 23.3. The average Bonchev–Trinajstić information content (AvgIpc) is 3.37. The molecule has 7 nitrogen and oxygen atoms in total. The van der Waals surface area contributed by atoms with Crippen molar-refractivity contribution >= 4 is 17.6 Å². The first kappa shape index (κ1) is 19.8. The van der Waals surface area contributed by atoms with Gasteiger partial charge in [0, 0.05) is 64.6 Å². The van der Waals surface area contributed by atoms with E-state index >= 15 is 0 Å². The number of hydrogen-bond acceptors (Lipinski definition) is 4. The van der Waals surface area contributed by atoms with Crippen LogP contribution in [0.2, 0.25) is 0 Å². The van der Waals surface area contributed by atoms with Crippen molar-refractivity contribution in [3.63, 3.8) is 0 Å². The minimum atomic E-state index is 0.163. The van der Waals surface area contributed by atoms with Gasteiger partial charge in [0.05, 0.1) is 6.54 Å². The van der Waals surface area contributed by atoms with E-state index in [2.05, 4.69) is 66.7 Å². The van der Waals surface area contributed by atoms with Gasteiger partial charge in [-0.25, -0.2) is 0 Å². The normalized spacial score (nSPS) is 20.2. The van der Waals surface area contributed by atoms with Crippen molar-refractivity contribution in [1.82, 2.24) is 20.4 Å². The van der Waals surface area contributed by atoms with Crippen LogP contribution in [-0.4, -0.2) is 80.6 Å². The Labute approximate surface area is 173 Å². The number of nitrogens with one attached hydrogen (secondary N) is 2. The van der Waals surface area contributed by atoms with Gasteiger partial charge in [0.25, 0.3) is 0 Å². The largest absolute Gasteiger partial charge is 0.364 e. The monoisotopic (exact) mass is 396 g/mol. The first-order valence-electron chi connectivity index (χ1n) is 10.7. The fourth-order valence-electron chi connectivity index (χ4n) is 3.89. The van der Waals surface area contributed by atoms with Gasteiger partial charge in [-0.2, -0.15) is 0 Å². The molecule has 0 spiro atoms. The van der Waals surface area contributed by atoms with Crippen LogP contribution in [-0.2, 0) is 11.3 Å². The van der Waals surface area contributed by atoms with Crippen LogP contribution >= 0.6 is 0 Å². The third kappa shape index (κ3) is 5.50. The molecule has 2 aliphatic heterocycles. The average molecular weight is 397 g/mol. The maximum Gasteiger partial charge on any atom is 0.234 e. The van der Waals surface area contributed by atoms with Crippen LogP contribution in [0.5, 0.6) is 0 Å². The summed E-state index contributed by atoms with van der Waals surface area (Å²) in [5.74, 6) is 1.09. The summed E-state index contributed by atoms with van der Waals surface area (Å²) >= 11 is 0. The van der Waals surface area contributed by atoms with E-state index in [1.165, 1.54) is 11.3 Å². The Morgan fingerprint density at radius 1 is 1.14 bits per heavy atom. The molecule has 7 heteroatoms. The second-order valence-electron chi connectivity index (χ2n) is 8.05. The summed E-state index contributed by atoms with van der Waals surface area (Å²) in [6.07, 6.45) is 6.70. The molecule has 156 valence electrons. The van der Waals surface area contributed by atoms with Crippen molar-refractivity contribution < 1.29 is 4.79 Å². The molecule has 2 N–H and O–H groups in total. The zero-order valence-electron chi connectivity index (χ0n) is 17.3. The number of carbonyl (C=O) groups excluding carboxylic acids is 1. The maximum atomic E-state index is 12.0. The number of aliphatic imine (C=N–C) groups is 1. The molecule has 0 aromatic heterocycles. The number of anilines is 1. The standard InChI is InChI=1S/C22H32N6O/c1-23-22(24-16-18-5-4-6-20(15-18)27-9-2-3-10-27)28-13-11-26(12-14-28)17-21(29)25-19-7-8-19/h2-6,15,19H,7-14,16-17H2,1H3,(H,23,24)(H,25,29). The number of benzene rings is 1. The third-order valence-corrected chi connectivity index (χ3v) is 5.74. The molecule has 29 heavy (non-hydrogen) atoms. The highest BCUT2D eigenvalue weighted by Gasteiger charge is 2.25. The fourth-order valence-corrected chi connectivity index (χ4v) is 3.89. The minimum absolute atomic E-state index is 0.163. The van der Waals surface area contributed by atoms with Gasteiger partial charge < -0.3 is 20.4 Å². The second kappa shape index (κ2) is 9.31. The molecule has 0 radical (unpaired) electrons. The highest BCUT2D eigenvalue weighted by atomic mass is 16.2. The van der Waals surface area contributed by atoms with Crippen LogP contribution in [0.3, 0.4) is 0 Å². The fraction of sp³-hybridized carbons (Fsp3) is 0.545. The summed E-state index contributed by atoms with van der Waals surface area (Å²) in [7, 11) is 1.84. The molecule has 2 fully saturated rings. The SMILES string of the molecule is CN=C(NCc1cccc(N2CC=CC2)c1)N1CCN(CC(=O)NC2CC2)CC1. The van der Waals surface area contributed by atoms with Crippen LogP contribution in [0.15, 0.2) is 41.4 Å². The minimum Gasteiger partial charge on any atom is -0.364 e. The predicted octanol–water partition coefficient (Wildman–Crippen LogP) is 1.03. The number of amides is 1. The molecule has 1 amide bonds. The number of hydrogen-bond donors (Lipinski definition) is 2. The van der Waals surface area contributed by atoms with E-state index in [4.69, 9.17) is 0 Å². The van der Waals surface area contributed by atoms with Crippen LogP contribution < -0.4 is 15.5 Å². The van der Waals surface area contributed by atoms with Gasteiger partial charge in [-0.3, -0.25) is 14.7 Å². The van der Waals surface area contributed by atoms with Gasteiger partial charge in [-0.05, 0) is 30.5 Å². The van der Waals surface area contributed by atoms with Gasteiger partial charge in [0.2, 0.25) is 5.91 Å². The Kier molecular flexibility index (Phi) is 6.34. The van der Waals surface area contributed by atoms with Crippen LogP contribution in [0, 0.1) is 0 Å². The molecule has 0 unspecified atom stereocenters. The zero-order chi connectivity index (χ0) is 20.1. The van der Waals surface area contributed by atoms with E-state index in [0.29, 0.717) is 12.6 Å². The third-order valence-electron chi connectivity index (χ3n) is 5.74. The molecule has 1 aromatic rings. The summed E-state index contributed by atoms with van der Waals surface area (Å²) < 4.78 is 0. The van der Waals surface area contributed by atoms with E-state index in [-0.39, 0.29) is 5.91 Å². The summed E-state index contributed by atoms with van der Waals surface area (Å²) in [5.41, 5.74) is 2.52. The van der Waals surface area contributed by atoms with Gasteiger partial charge in [-0.1, -0.05) is 24.3 Å². The summed E-state index contributed by atoms with van der Waals surface area (Å²) in [5, 5.41) is 6.58. The molecule has 3 aliphatic rings. The van der Waals surface area contributed by atoms with Gasteiger partial charge in [0.15, 0.2) is 5.96 Å². The van der Waals surface area contributed by atoms with Gasteiger partial charge in [0.1, 0.15) is 0 Å². The Bertz CT molecular complexity index is 756. The Morgan fingerprint density at radius 2 is 1.90 bits per heavy atom. The van der Waals surface area contributed by atoms with Crippen molar-refractivity contribution in [3.05, 3.63) is 42.0 Å². The van der Waals surface area contributed by atoms with Crippen molar-refractivity contribution in [2.45, 2.75) is 25.4 Å². The molecule has 0 bridgehead atoms. The van der Waals surface area contributed by atoms with E-state index in [9.17, 15) is 4.79 Å². The molecule has 1 saturated heterocycles. The maximum absolute atomic E-state index is 12.0. The van der Waals surface area contributed by atoms with Crippen molar-refractivity contribution in [3.8, 4) is 0 Å². The number of guanidine groups is 1. The lowest BCUT2D eigenvalue weighted by Crippen LogP contribution is -2.54. The van der Waals surface area contributed by atoms with E-state index in [0.717, 1.165) is 64.6 Å². The van der Waals surface area contributed by atoms with Crippen LogP contribution in [0.4, 0.5) is 5.69 Å². The summed E-state index contributed by atoms with van der Waals surface area (Å²) in [6.45, 7) is 6.78. The topological polar surface area (TPSA) is 63.2 Å².